The Hall–Kier alpha value is -0.130. The van der Waals surface area contributed by atoms with Gasteiger partial charge in [0.25, 0.3) is 0 Å². The fraction of sp³-hybridized carbons (Fsp3) is 0.786. The Morgan fingerprint density at radius 2 is 2.26 bits per heavy atom. The standard InChI is InChI=1S/C14H25N3S2/c1-4-15-12(14-11(2)18-9-10-19-14)5-6-13-16-7-8-17(13)3/h7-8,11-12,14-15H,4-6,9-10H2,1-3H3. The summed E-state index contributed by atoms with van der Waals surface area (Å²) in [6.45, 7) is 5.64. The van der Waals surface area contributed by atoms with Gasteiger partial charge in [-0.05, 0) is 13.0 Å². The number of nitrogens with zero attached hydrogens (tertiary/aromatic N) is 2. The van der Waals surface area contributed by atoms with E-state index in [1.54, 1.807) is 0 Å². The summed E-state index contributed by atoms with van der Waals surface area (Å²) in [5, 5.41) is 5.18. The fourth-order valence-corrected chi connectivity index (χ4v) is 5.66. The van der Waals surface area contributed by atoms with Gasteiger partial charge in [-0.1, -0.05) is 13.8 Å². The van der Waals surface area contributed by atoms with Crippen molar-refractivity contribution < 1.29 is 0 Å². The van der Waals surface area contributed by atoms with Gasteiger partial charge in [-0.3, -0.25) is 0 Å². The molecule has 1 aliphatic heterocycles. The quantitative estimate of drug-likeness (QED) is 0.874. The number of rotatable bonds is 6. The lowest BCUT2D eigenvalue weighted by atomic mass is 10.0. The van der Waals surface area contributed by atoms with E-state index < -0.39 is 0 Å². The predicted molar refractivity (Wildman–Crippen MR) is 87.2 cm³/mol. The maximum absolute atomic E-state index is 4.44. The van der Waals surface area contributed by atoms with Crippen molar-refractivity contribution in [1.82, 2.24) is 14.9 Å². The first-order valence-corrected chi connectivity index (χ1v) is 9.25. The zero-order valence-electron chi connectivity index (χ0n) is 12.1. The van der Waals surface area contributed by atoms with Crippen molar-refractivity contribution in [1.29, 1.82) is 0 Å². The second kappa shape index (κ2) is 7.60. The average molecular weight is 300 g/mol. The van der Waals surface area contributed by atoms with Crippen LogP contribution in [0.3, 0.4) is 0 Å². The molecule has 19 heavy (non-hydrogen) atoms. The summed E-state index contributed by atoms with van der Waals surface area (Å²) in [4.78, 5) is 4.44. The molecule has 1 fully saturated rings. The van der Waals surface area contributed by atoms with Crippen LogP contribution in [0, 0.1) is 0 Å². The van der Waals surface area contributed by atoms with Crippen LogP contribution in [0.25, 0.3) is 0 Å². The van der Waals surface area contributed by atoms with Crippen LogP contribution in [-0.2, 0) is 13.5 Å². The van der Waals surface area contributed by atoms with Gasteiger partial charge in [-0.15, -0.1) is 0 Å². The van der Waals surface area contributed by atoms with Crippen LogP contribution in [0.15, 0.2) is 12.4 Å². The highest BCUT2D eigenvalue weighted by Crippen LogP contribution is 2.34. The minimum atomic E-state index is 0.606. The number of imidazole rings is 1. The molecule has 1 aromatic heterocycles. The van der Waals surface area contributed by atoms with Crippen molar-refractivity contribution in [3.63, 3.8) is 0 Å². The van der Waals surface area contributed by atoms with E-state index in [2.05, 4.69) is 59.3 Å². The third kappa shape index (κ3) is 4.17. The van der Waals surface area contributed by atoms with Gasteiger partial charge in [0.05, 0.1) is 0 Å². The minimum Gasteiger partial charge on any atom is -0.338 e. The van der Waals surface area contributed by atoms with Gasteiger partial charge >= 0.3 is 0 Å². The molecule has 1 aromatic rings. The molecule has 108 valence electrons. The Morgan fingerprint density at radius 3 is 2.89 bits per heavy atom. The number of hydrogen-bond donors (Lipinski definition) is 1. The van der Waals surface area contributed by atoms with E-state index in [-0.39, 0.29) is 0 Å². The van der Waals surface area contributed by atoms with Crippen molar-refractivity contribution in [3.8, 4) is 0 Å². The van der Waals surface area contributed by atoms with Gasteiger partial charge in [0.1, 0.15) is 5.82 Å². The second-order valence-corrected chi connectivity index (χ2v) is 7.84. The van der Waals surface area contributed by atoms with E-state index in [1.165, 1.54) is 23.8 Å². The van der Waals surface area contributed by atoms with Crippen LogP contribution in [0.4, 0.5) is 0 Å². The van der Waals surface area contributed by atoms with E-state index in [0.717, 1.165) is 23.5 Å². The summed E-state index contributed by atoms with van der Waals surface area (Å²) in [5.74, 6) is 3.80. The van der Waals surface area contributed by atoms with Crippen LogP contribution in [0.2, 0.25) is 0 Å². The van der Waals surface area contributed by atoms with E-state index in [9.17, 15) is 0 Å². The molecule has 3 atom stereocenters. The molecule has 3 unspecified atom stereocenters. The molecule has 0 spiro atoms. The maximum Gasteiger partial charge on any atom is 0.108 e. The number of thioether (sulfide) groups is 2. The van der Waals surface area contributed by atoms with Crippen molar-refractivity contribution in [2.24, 2.45) is 7.05 Å². The van der Waals surface area contributed by atoms with Gasteiger partial charge in [-0.2, -0.15) is 23.5 Å². The lowest BCUT2D eigenvalue weighted by Gasteiger charge is -2.35. The third-order valence-corrected chi connectivity index (χ3v) is 6.95. The first-order chi connectivity index (χ1) is 9.22. The van der Waals surface area contributed by atoms with E-state index >= 15 is 0 Å². The van der Waals surface area contributed by atoms with Gasteiger partial charge < -0.3 is 9.88 Å². The van der Waals surface area contributed by atoms with Gasteiger partial charge in [0.2, 0.25) is 0 Å². The van der Waals surface area contributed by atoms with Crippen LogP contribution < -0.4 is 5.32 Å². The smallest absolute Gasteiger partial charge is 0.108 e. The van der Waals surface area contributed by atoms with Gasteiger partial charge in [0.15, 0.2) is 0 Å². The van der Waals surface area contributed by atoms with Crippen LogP contribution in [0.1, 0.15) is 26.1 Å². The maximum atomic E-state index is 4.44. The van der Waals surface area contributed by atoms with Crippen LogP contribution >= 0.6 is 23.5 Å². The summed E-state index contributed by atoms with van der Waals surface area (Å²) >= 11 is 4.28. The molecule has 2 rings (SSSR count). The highest BCUT2D eigenvalue weighted by atomic mass is 32.2. The van der Waals surface area contributed by atoms with E-state index in [4.69, 9.17) is 0 Å². The first-order valence-electron chi connectivity index (χ1n) is 7.15. The molecule has 0 saturated carbocycles. The molecule has 0 radical (unpaired) electrons. The molecule has 1 N–H and O–H groups in total. The number of aryl methyl sites for hydroxylation is 2. The molecule has 1 aliphatic rings. The molecule has 0 aromatic carbocycles. The summed E-state index contributed by atoms with van der Waals surface area (Å²) in [5.41, 5.74) is 0. The zero-order chi connectivity index (χ0) is 13.7. The van der Waals surface area contributed by atoms with Gasteiger partial charge in [0, 0.05) is 53.9 Å². The highest BCUT2D eigenvalue weighted by Gasteiger charge is 2.29. The molecular weight excluding hydrogens is 274 g/mol. The predicted octanol–water partition coefficient (Wildman–Crippen LogP) is 2.57. The van der Waals surface area contributed by atoms with Crippen molar-refractivity contribution in [3.05, 3.63) is 18.2 Å². The summed E-state index contributed by atoms with van der Waals surface area (Å²) < 4.78 is 2.13. The highest BCUT2D eigenvalue weighted by molar-refractivity contribution is 8.07. The molecular formula is C14H25N3S2. The lowest BCUT2D eigenvalue weighted by molar-refractivity contribution is 0.467. The Balaban J connectivity index is 1.93. The normalized spacial score (nSPS) is 25.4. The number of hydrogen-bond acceptors (Lipinski definition) is 4. The SMILES string of the molecule is CCNC(CCc1nccn1C)C1SCCSC1C. The third-order valence-electron chi connectivity index (χ3n) is 3.70. The molecule has 0 amide bonds. The number of nitrogens with one attached hydrogen (secondary N) is 1. The Labute approximate surface area is 125 Å². The zero-order valence-corrected chi connectivity index (χ0v) is 13.8. The summed E-state index contributed by atoms with van der Waals surface area (Å²) in [6.07, 6.45) is 6.17. The Kier molecular flexibility index (Phi) is 6.10. The number of aromatic nitrogens is 2. The van der Waals surface area contributed by atoms with Crippen molar-refractivity contribution in [2.45, 2.75) is 43.2 Å². The lowest BCUT2D eigenvalue weighted by Crippen LogP contribution is -2.44. The van der Waals surface area contributed by atoms with Crippen LogP contribution in [0.5, 0.6) is 0 Å². The largest absolute Gasteiger partial charge is 0.338 e. The fourth-order valence-electron chi connectivity index (χ4n) is 2.66. The van der Waals surface area contributed by atoms with E-state index in [0.29, 0.717) is 6.04 Å². The topological polar surface area (TPSA) is 29.9 Å². The Bertz CT molecular complexity index is 381. The molecule has 1 saturated heterocycles. The summed E-state index contributed by atoms with van der Waals surface area (Å²) in [6, 6.07) is 0.606. The monoisotopic (exact) mass is 299 g/mol. The molecule has 0 bridgehead atoms. The van der Waals surface area contributed by atoms with E-state index in [1.807, 2.05) is 12.4 Å². The molecule has 5 heteroatoms. The second-order valence-electron chi connectivity index (χ2n) is 5.07. The molecule has 2 heterocycles. The average Bonchev–Trinajstić information content (AvgIpc) is 2.81. The molecule has 0 aliphatic carbocycles. The summed E-state index contributed by atoms with van der Waals surface area (Å²) in [7, 11) is 2.08. The Morgan fingerprint density at radius 1 is 1.47 bits per heavy atom. The van der Waals surface area contributed by atoms with Gasteiger partial charge in [-0.25, -0.2) is 4.98 Å². The molecule has 3 nitrogen and oxygen atoms in total. The van der Waals surface area contributed by atoms with Crippen LogP contribution in [-0.4, -0.2) is 44.1 Å². The minimum absolute atomic E-state index is 0.606. The van der Waals surface area contributed by atoms with Crippen molar-refractivity contribution in [2.75, 3.05) is 18.1 Å². The van der Waals surface area contributed by atoms with Crippen molar-refractivity contribution >= 4 is 23.5 Å². The first kappa shape index (κ1) is 15.3.